The highest BCUT2D eigenvalue weighted by Gasteiger charge is 2.19. The van der Waals surface area contributed by atoms with Crippen molar-refractivity contribution >= 4 is 5.97 Å². The number of carboxylic acids is 1. The van der Waals surface area contributed by atoms with E-state index in [4.69, 9.17) is 9.84 Å². The Morgan fingerprint density at radius 3 is 2.16 bits per heavy atom. The molecule has 3 nitrogen and oxygen atoms in total. The van der Waals surface area contributed by atoms with Gasteiger partial charge in [0.1, 0.15) is 5.92 Å². The first-order chi connectivity index (χ1) is 9.22. The van der Waals surface area contributed by atoms with Crippen molar-refractivity contribution in [2.45, 2.75) is 5.92 Å². The number of carboxylic acid groups (broad SMARTS) is 1. The standard InChI is InChI=1S/C16H16O3/c1-19-11-15(16(17)18)14-9-7-13(8-10-14)12-5-3-2-4-6-12/h2-10,15H,11H2,1H3,(H,17,18). The molecule has 0 aliphatic carbocycles. The lowest BCUT2D eigenvalue weighted by Gasteiger charge is -2.12. The highest BCUT2D eigenvalue weighted by molar-refractivity contribution is 5.76. The van der Waals surface area contributed by atoms with Crippen molar-refractivity contribution in [3.05, 3.63) is 60.2 Å². The Morgan fingerprint density at radius 2 is 1.63 bits per heavy atom. The summed E-state index contributed by atoms with van der Waals surface area (Å²) >= 11 is 0. The van der Waals surface area contributed by atoms with E-state index in [1.165, 1.54) is 7.11 Å². The number of ether oxygens (including phenoxy) is 1. The Labute approximate surface area is 112 Å². The van der Waals surface area contributed by atoms with Crippen molar-refractivity contribution < 1.29 is 14.6 Å². The van der Waals surface area contributed by atoms with Crippen molar-refractivity contribution in [2.24, 2.45) is 0 Å². The SMILES string of the molecule is COCC(C(=O)O)c1ccc(-c2ccccc2)cc1. The largest absolute Gasteiger partial charge is 0.481 e. The smallest absolute Gasteiger partial charge is 0.313 e. The molecule has 0 fully saturated rings. The lowest BCUT2D eigenvalue weighted by Crippen LogP contribution is -2.16. The van der Waals surface area contributed by atoms with Gasteiger partial charge in [0, 0.05) is 7.11 Å². The van der Waals surface area contributed by atoms with Crippen LogP contribution < -0.4 is 0 Å². The van der Waals surface area contributed by atoms with Gasteiger partial charge in [-0.2, -0.15) is 0 Å². The van der Waals surface area contributed by atoms with E-state index in [0.717, 1.165) is 16.7 Å². The van der Waals surface area contributed by atoms with E-state index in [2.05, 4.69) is 0 Å². The summed E-state index contributed by atoms with van der Waals surface area (Å²) in [5, 5.41) is 9.16. The minimum Gasteiger partial charge on any atom is -0.481 e. The summed E-state index contributed by atoms with van der Waals surface area (Å²) in [5.41, 5.74) is 2.95. The Balaban J connectivity index is 2.25. The first kappa shape index (κ1) is 13.3. The van der Waals surface area contributed by atoms with E-state index in [1.54, 1.807) is 0 Å². The van der Waals surface area contributed by atoms with Crippen molar-refractivity contribution in [3.8, 4) is 11.1 Å². The molecule has 98 valence electrons. The third kappa shape index (κ3) is 3.20. The Morgan fingerprint density at radius 1 is 1.05 bits per heavy atom. The zero-order chi connectivity index (χ0) is 13.7. The molecule has 0 saturated heterocycles. The molecule has 1 unspecified atom stereocenters. The zero-order valence-corrected chi connectivity index (χ0v) is 10.7. The molecule has 3 heteroatoms. The van der Waals surface area contributed by atoms with E-state index < -0.39 is 11.9 Å². The summed E-state index contributed by atoms with van der Waals surface area (Å²) in [7, 11) is 1.51. The van der Waals surface area contributed by atoms with Crippen LogP contribution in [0, 0.1) is 0 Å². The molecule has 0 bridgehead atoms. The van der Waals surface area contributed by atoms with Gasteiger partial charge in [0.05, 0.1) is 6.61 Å². The first-order valence-electron chi connectivity index (χ1n) is 6.09. The molecule has 0 spiro atoms. The van der Waals surface area contributed by atoms with Crippen LogP contribution in [-0.2, 0) is 9.53 Å². The fourth-order valence-corrected chi connectivity index (χ4v) is 2.02. The van der Waals surface area contributed by atoms with Gasteiger partial charge in [0.15, 0.2) is 0 Å². The van der Waals surface area contributed by atoms with Gasteiger partial charge in [0.25, 0.3) is 0 Å². The van der Waals surface area contributed by atoms with Crippen LogP contribution in [0.4, 0.5) is 0 Å². The minimum absolute atomic E-state index is 0.181. The summed E-state index contributed by atoms with van der Waals surface area (Å²) in [4.78, 5) is 11.2. The van der Waals surface area contributed by atoms with Crippen molar-refractivity contribution in [3.63, 3.8) is 0 Å². The van der Waals surface area contributed by atoms with Gasteiger partial charge < -0.3 is 9.84 Å². The quantitative estimate of drug-likeness (QED) is 0.893. The van der Waals surface area contributed by atoms with E-state index in [9.17, 15) is 4.79 Å². The fraction of sp³-hybridized carbons (Fsp3) is 0.188. The maximum Gasteiger partial charge on any atom is 0.313 e. The van der Waals surface area contributed by atoms with Crippen molar-refractivity contribution in [1.82, 2.24) is 0 Å². The summed E-state index contributed by atoms with van der Waals surface area (Å²) in [6.07, 6.45) is 0. The topological polar surface area (TPSA) is 46.5 Å². The minimum atomic E-state index is -0.866. The molecule has 0 aromatic heterocycles. The van der Waals surface area contributed by atoms with E-state index in [-0.39, 0.29) is 6.61 Å². The van der Waals surface area contributed by atoms with Crippen LogP contribution in [0.5, 0.6) is 0 Å². The molecular weight excluding hydrogens is 240 g/mol. The average molecular weight is 256 g/mol. The molecule has 0 radical (unpaired) electrons. The molecule has 2 aromatic carbocycles. The molecule has 0 amide bonds. The second-order valence-corrected chi connectivity index (χ2v) is 4.33. The molecule has 2 aromatic rings. The summed E-state index contributed by atoms with van der Waals surface area (Å²) in [5.74, 6) is -1.48. The van der Waals surface area contributed by atoms with E-state index >= 15 is 0 Å². The molecule has 0 saturated carbocycles. The number of methoxy groups -OCH3 is 1. The molecule has 1 atom stereocenters. The van der Waals surface area contributed by atoms with Gasteiger partial charge in [-0.25, -0.2) is 0 Å². The van der Waals surface area contributed by atoms with E-state index in [1.807, 2.05) is 54.6 Å². The monoisotopic (exact) mass is 256 g/mol. The Hall–Kier alpha value is -2.13. The third-order valence-corrected chi connectivity index (χ3v) is 3.05. The van der Waals surface area contributed by atoms with Gasteiger partial charge in [-0.05, 0) is 16.7 Å². The molecule has 0 aliphatic rings. The predicted molar refractivity (Wildman–Crippen MR) is 74.1 cm³/mol. The molecule has 19 heavy (non-hydrogen) atoms. The maximum absolute atomic E-state index is 11.2. The normalized spacial score (nSPS) is 12.1. The zero-order valence-electron chi connectivity index (χ0n) is 10.7. The third-order valence-electron chi connectivity index (χ3n) is 3.05. The highest BCUT2D eigenvalue weighted by atomic mass is 16.5. The van der Waals surface area contributed by atoms with Crippen LogP contribution in [0.3, 0.4) is 0 Å². The van der Waals surface area contributed by atoms with Gasteiger partial charge in [-0.3, -0.25) is 4.79 Å². The van der Waals surface area contributed by atoms with Crippen molar-refractivity contribution in [1.29, 1.82) is 0 Å². The van der Waals surface area contributed by atoms with Crippen LogP contribution in [0.2, 0.25) is 0 Å². The molecule has 1 N–H and O–H groups in total. The number of carbonyl (C=O) groups is 1. The van der Waals surface area contributed by atoms with Crippen LogP contribution in [0.15, 0.2) is 54.6 Å². The average Bonchev–Trinajstić information content (AvgIpc) is 2.46. The van der Waals surface area contributed by atoms with Crippen LogP contribution in [-0.4, -0.2) is 24.8 Å². The predicted octanol–water partition coefficient (Wildman–Crippen LogP) is 3.17. The molecular formula is C16H16O3. The van der Waals surface area contributed by atoms with Crippen molar-refractivity contribution in [2.75, 3.05) is 13.7 Å². The summed E-state index contributed by atoms with van der Waals surface area (Å²) < 4.78 is 4.95. The second kappa shape index (κ2) is 6.16. The van der Waals surface area contributed by atoms with Crippen LogP contribution in [0.1, 0.15) is 11.5 Å². The number of hydrogen-bond acceptors (Lipinski definition) is 2. The number of rotatable bonds is 5. The first-order valence-corrected chi connectivity index (χ1v) is 6.09. The number of benzene rings is 2. The fourth-order valence-electron chi connectivity index (χ4n) is 2.02. The highest BCUT2D eigenvalue weighted by Crippen LogP contribution is 2.23. The Bertz CT molecular complexity index is 532. The lowest BCUT2D eigenvalue weighted by molar-refractivity contribution is -0.140. The lowest BCUT2D eigenvalue weighted by atomic mass is 9.97. The van der Waals surface area contributed by atoms with Gasteiger partial charge in [-0.1, -0.05) is 54.6 Å². The molecule has 0 aliphatic heterocycles. The van der Waals surface area contributed by atoms with Gasteiger partial charge in [0.2, 0.25) is 0 Å². The molecule has 0 heterocycles. The summed E-state index contributed by atoms with van der Waals surface area (Å²) in [6, 6.07) is 17.6. The Kier molecular flexibility index (Phi) is 4.31. The van der Waals surface area contributed by atoms with Gasteiger partial charge in [-0.15, -0.1) is 0 Å². The van der Waals surface area contributed by atoms with Crippen LogP contribution >= 0.6 is 0 Å². The second-order valence-electron chi connectivity index (χ2n) is 4.33. The number of aliphatic carboxylic acids is 1. The van der Waals surface area contributed by atoms with E-state index in [0.29, 0.717) is 0 Å². The van der Waals surface area contributed by atoms with Gasteiger partial charge >= 0.3 is 5.97 Å². The molecule has 2 rings (SSSR count). The maximum atomic E-state index is 11.2. The van der Waals surface area contributed by atoms with Crippen LogP contribution in [0.25, 0.3) is 11.1 Å². The number of hydrogen-bond donors (Lipinski definition) is 1. The summed E-state index contributed by atoms with van der Waals surface area (Å²) in [6.45, 7) is 0.181.